The highest BCUT2D eigenvalue weighted by Gasteiger charge is 2.32. The molecule has 0 amide bonds. The Labute approximate surface area is 175 Å². The number of cyclic esters (lactones) is 1. The number of esters is 2. The van der Waals surface area contributed by atoms with Crippen molar-refractivity contribution in [2.24, 2.45) is 5.41 Å². The first kappa shape index (κ1) is 21.5. The van der Waals surface area contributed by atoms with Gasteiger partial charge in [0.05, 0.1) is 31.8 Å². The van der Waals surface area contributed by atoms with Gasteiger partial charge in [-0.05, 0) is 50.6 Å². The van der Waals surface area contributed by atoms with Crippen molar-refractivity contribution in [3.05, 3.63) is 41.5 Å². The van der Waals surface area contributed by atoms with E-state index < -0.39 is 5.41 Å². The molecule has 0 N–H and O–H groups in total. The molecule has 160 valence electrons. The van der Waals surface area contributed by atoms with E-state index in [-0.39, 0.29) is 25.2 Å². The Balaban J connectivity index is 2.02. The first-order valence-corrected chi connectivity index (χ1v) is 9.67. The lowest BCUT2D eigenvalue weighted by molar-refractivity contribution is -0.155. The van der Waals surface area contributed by atoms with Gasteiger partial charge >= 0.3 is 11.9 Å². The molecule has 0 fully saturated rings. The topological polar surface area (TPSA) is 80.3 Å². The van der Waals surface area contributed by atoms with Crippen molar-refractivity contribution in [3.8, 4) is 28.4 Å². The summed E-state index contributed by atoms with van der Waals surface area (Å²) in [5, 5.41) is 0. The first-order chi connectivity index (χ1) is 14.3. The van der Waals surface area contributed by atoms with Gasteiger partial charge in [-0.15, -0.1) is 0 Å². The summed E-state index contributed by atoms with van der Waals surface area (Å²) in [7, 11) is 3.07. The van der Waals surface area contributed by atoms with Crippen molar-refractivity contribution in [1.82, 2.24) is 0 Å². The Morgan fingerprint density at radius 2 is 1.80 bits per heavy atom. The van der Waals surface area contributed by atoms with Crippen molar-refractivity contribution < 1.29 is 33.3 Å². The second kappa shape index (κ2) is 8.65. The van der Waals surface area contributed by atoms with Crippen LogP contribution in [-0.2, 0) is 20.9 Å². The van der Waals surface area contributed by atoms with Crippen molar-refractivity contribution >= 4 is 11.9 Å². The van der Waals surface area contributed by atoms with Crippen LogP contribution in [0.15, 0.2) is 30.3 Å². The van der Waals surface area contributed by atoms with Gasteiger partial charge in [-0.2, -0.15) is 0 Å². The highest BCUT2D eigenvalue weighted by Crippen LogP contribution is 2.45. The van der Waals surface area contributed by atoms with Crippen LogP contribution in [0.3, 0.4) is 0 Å². The van der Waals surface area contributed by atoms with Crippen molar-refractivity contribution in [2.75, 3.05) is 27.4 Å². The zero-order valence-corrected chi connectivity index (χ0v) is 17.9. The van der Waals surface area contributed by atoms with E-state index in [2.05, 4.69) is 0 Å². The Bertz CT molecular complexity index is 962. The lowest BCUT2D eigenvalue weighted by Gasteiger charge is -2.25. The van der Waals surface area contributed by atoms with Crippen LogP contribution in [0.4, 0.5) is 0 Å². The summed E-state index contributed by atoms with van der Waals surface area (Å²) in [4.78, 5) is 24.0. The summed E-state index contributed by atoms with van der Waals surface area (Å²) < 4.78 is 27.4. The first-order valence-electron chi connectivity index (χ1n) is 9.67. The normalized spacial score (nSPS) is 12.8. The number of hydrogen-bond donors (Lipinski definition) is 0. The average Bonchev–Trinajstić information content (AvgIpc) is 3.11. The number of rotatable bonds is 8. The molecule has 30 heavy (non-hydrogen) atoms. The molecule has 7 nitrogen and oxygen atoms in total. The van der Waals surface area contributed by atoms with Gasteiger partial charge in [-0.3, -0.25) is 4.79 Å². The minimum Gasteiger partial charge on any atom is -0.493 e. The molecule has 0 saturated heterocycles. The van der Waals surface area contributed by atoms with Crippen molar-refractivity contribution in [2.45, 2.75) is 27.4 Å². The summed E-state index contributed by atoms with van der Waals surface area (Å²) in [5.41, 5.74) is 2.08. The molecule has 0 aromatic heterocycles. The maximum Gasteiger partial charge on any atom is 0.338 e. The quantitative estimate of drug-likeness (QED) is 0.604. The lowest BCUT2D eigenvalue weighted by atomic mass is 9.95. The Morgan fingerprint density at radius 1 is 1.07 bits per heavy atom. The summed E-state index contributed by atoms with van der Waals surface area (Å²) >= 11 is 0. The van der Waals surface area contributed by atoms with Gasteiger partial charge in [-0.1, -0.05) is 6.07 Å². The van der Waals surface area contributed by atoms with Crippen molar-refractivity contribution in [3.63, 3.8) is 0 Å². The molecule has 1 heterocycles. The Hall–Kier alpha value is -3.22. The fraction of sp³-hybridized carbons (Fsp3) is 0.391. The maximum atomic E-state index is 12.3. The van der Waals surface area contributed by atoms with E-state index in [4.69, 9.17) is 23.7 Å². The van der Waals surface area contributed by atoms with Gasteiger partial charge in [0.15, 0.2) is 11.5 Å². The predicted molar refractivity (Wildman–Crippen MR) is 110 cm³/mol. The van der Waals surface area contributed by atoms with Crippen LogP contribution in [-0.4, -0.2) is 39.4 Å². The molecule has 0 aliphatic carbocycles. The molecule has 1 aliphatic heterocycles. The average molecular weight is 414 g/mol. The number of fused-ring (bicyclic) bond motifs is 1. The highest BCUT2D eigenvalue weighted by atomic mass is 16.6. The molecular formula is C23H26O7. The second-order valence-electron chi connectivity index (χ2n) is 7.52. The molecule has 0 saturated carbocycles. The van der Waals surface area contributed by atoms with Crippen LogP contribution in [0, 0.1) is 5.41 Å². The van der Waals surface area contributed by atoms with Crippen LogP contribution in [0.2, 0.25) is 0 Å². The third-order valence-corrected chi connectivity index (χ3v) is 4.90. The summed E-state index contributed by atoms with van der Waals surface area (Å²) in [6, 6.07) is 9.10. The van der Waals surface area contributed by atoms with E-state index in [0.717, 1.165) is 16.7 Å². The molecule has 0 spiro atoms. The molecule has 0 atom stereocenters. The molecule has 0 radical (unpaired) electrons. The van der Waals surface area contributed by atoms with Crippen LogP contribution in [0.25, 0.3) is 11.1 Å². The van der Waals surface area contributed by atoms with Gasteiger partial charge in [-0.25, -0.2) is 4.79 Å². The summed E-state index contributed by atoms with van der Waals surface area (Å²) in [5.74, 6) is 0.699. The molecular weight excluding hydrogens is 388 g/mol. The fourth-order valence-electron chi connectivity index (χ4n) is 3.21. The fourth-order valence-corrected chi connectivity index (χ4v) is 3.21. The molecule has 0 bridgehead atoms. The largest absolute Gasteiger partial charge is 0.493 e. The van der Waals surface area contributed by atoms with Gasteiger partial charge in [0.25, 0.3) is 0 Å². The van der Waals surface area contributed by atoms with E-state index in [1.165, 1.54) is 7.11 Å². The molecule has 1 aliphatic rings. The van der Waals surface area contributed by atoms with Gasteiger partial charge in [0.2, 0.25) is 5.75 Å². The number of carbonyl (C=O) groups excluding carboxylic acids is 2. The molecule has 7 heteroatoms. The van der Waals surface area contributed by atoms with E-state index in [1.807, 2.05) is 18.2 Å². The third-order valence-electron chi connectivity index (χ3n) is 4.90. The monoisotopic (exact) mass is 414 g/mol. The Kier molecular flexibility index (Phi) is 6.20. The predicted octanol–water partition coefficient (Wildman–Crippen LogP) is 4.01. The van der Waals surface area contributed by atoms with Crippen LogP contribution < -0.4 is 14.2 Å². The van der Waals surface area contributed by atoms with E-state index in [1.54, 1.807) is 40.0 Å². The third kappa shape index (κ3) is 4.06. The van der Waals surface area contributed by atoms with Gasteiger partial charge in [0.1, 0.15) is 13.2 Å². The SMILES string of the molecule is CCOC(=O)C(C)(C)COc1c(-c2ccc3c(c2)COC3=O)ccc(OC)c1OC. The molecule has 3 rings (SSSR count). The minimum atomic E-state index is -0.862. The van der Waals surface area contributed by atoms with E-state index in [9.17, 15) is 9.59 Å². The lowest BCUT2D eigenvalue weighted by Crippen LogP contribution is -2.33. The zero-order valence-electron chi connectivity index (χ0n) is 17.9. The minimum absolute atomic E-state index is 0.0783. The van der Waals surface area contributed by atoms with Gasteiger partial charge in [0, 0.05) is 11.1 Å². The van der Waals surface area contributed by atoms with Crippen LogP contribution >= 0.6 is 0 Å². The van der Waals surface area contributed by atoms with E-state index in [0.29, 0.717) is 29.4 Å². The standard InChI is InChI=1S/C23H26O7/c1-6-28-22(25)23(2,3)13-30-19-16(9-10-18(26-4)20(19)27-5)14-7-8-17-15(11-14)12-29-21(17)24/h7-11H,6,12-13H2,1-5H3. The van der Waals surface area contributed by atoms with Gasteiger partial charge < -0.3 is 23.7 Å². The van der Waals surface area contributed by atoms with Crippen LogP contribution in [0.1, 0.15) is 36.7 Å². The maximum absolute atomic E-state index is 12.3. The molecule has 2 aromatic rings. The summed E-state index contributed by atoms with van der Waals surface area (Å²) in [6.07, 6.45) is 0. The molecule has 0 unspecified atom stereocenters. The Morgan fingerprint density at radius 3 is 2.47 bits per heavy atom. The summed E-state index contributed by atoms with van der Waals surface area (Å²) in [6.45, 7) is 5.90. The zero-order chi connectivity index (χ0) is 21.9. The highest BCUT2D eigenvalue weighted by molar-refractivity contribution is 5.94. The second-order valence-corrected chi connectivity index (χ2v) is 7.52. The molecule has 2 aromatic carbocycles. The number of carbonyl (C=O) groups is 2. The number of benzene rings is 2. The smallest absolute Gasteiger partial charge is 0.338 e. The van der Waals surface area contributed by atoms with E-state index >= 15 is 0 Å². The number of methoxy groups -OCH3 is 2. The number of hydrogen-bond acceptors (Lipinski definition) is 7. The number of ether oxygens (including phenoxy) is 5. The van der Waals surface area contributed by atoms with Crippen LogP contribution in [0.5, 0.6) is 17.2 Å². The van der Waals surface area contributed by atoms with Crippen molar-refractivity contribution in [1.29, 1.82) is 0 Å².